The summed E-state index contributed by atoms with van der Waals surface area (Å²) in [6.45, 7) is 0. The zero-order chi connectivity index (χ0) is 17.6. The quantitative estimate of drug-likeness (QED) is 0.495. The van der Waals surface area contributed by atoms with Gasteiger partial charge in [0.2, 0.25) is 0 Å². The molecular formula is C19H16BrFN2OS. The van der Waals surface area contributed by atoms with Gasteiger partial charge in [-0.1, -0.05) is 30.3 Å². The lowest BCUT2D eigenvalue weighted by atomic mass is 10.2. The molecule has 0 spiro atoms. The maximum absolute atomic E-state index is 13.8. The smallest absolute Gasteiger partial charge is 0.143 e. The second kappa shape index (κ2) is 8.36. The van der Waals surface area contributed by atoms with Crippen LogP contribution in [0.3, 0.4) is 0 Å². The number of methoxy groups -OCH3 is 1. The maximum atomic E-state index is 13.8. The number of rotatable bonds is 6. The van der Waals surface area contributed by atoms with Crippen LogP contribution < -0.4 is 10.1 Å². The van der Waals surface area contributed by atoms with Crippen LogP contribution in [0.15, 0.2) is 70.2 Å². The number of halogens is 2. The molecule has 0 amide bonds. The van der Waals surface area contributed by atoms with E-state index in [1.807, 2.05) is 30.3 Å². The van der Waals surface area contributed by atoms with E-state index in [1.54, 1.807) is 31.1 Å². The molecule has 0 atom stereocenters. The molecule has 0 fully saturated rings. The molecule has 0 bridgehead atoms. The first-order valence-corrected chi connectivity index (χ1v) is 9.36. The van der Waals surface area contributed by atoms with Gasteiger partial charge in [-0.05, 0) is 39.7 Å². The number of ether oxygens (including phenoxy) is 1. The van der Waals surface area contributed by atoms with Crippen molar-refractivity contribution in [3.8, 4) is 5.75 Å². The summed E-state index contributed by atoms with van der Waals surface area (Å²) in [4.78, 5) is 5.46. The second-order valence-corrected chi connectivity index (χ2v) is 7.15. The van der Waals surface area contributed by atoms with Crippen molar-refractivity contribution in [3.63, 3.8) is 0 Å². The minimum absolute atomic E-state index is 0.357. The zero-order valence-corrected chi connectivity index (χ0v) is 15.9. The molecule has 3 nitrogen and oxygen atoms in total. The summed E-state index contributed by atoms with van der Waals surface area (Å²) in [6, 6.07) is 17.1. The number of nitrogens with one attached hydrogen (secondary N) is 1. The van der Waals surface area contributed by atoms with Gasteiger partial charge >= 0.3 is 0 Å². The normalized spacial score (nSPS) is 10.5. The van der Waals surface area contributed by atoms with Crippen LogP contribution >= 0.6 is 27.7 Å². The van der Waals surface area contributed by atoms with Crippen molar-refractivity contribution in [2.75, 3.05) is 12.4 Å². The van der Waals surface area contributed by atoms with Gasteiger partial charge in [0.15, 0.2) is 0 Å². The Morgan fingerprint density at radius 1 is 1.16 bits per heavy atom. The highest BCUT2D eigenvalue weighted by Gasteiger charge is 2.09. The summed E-state index contributed by atoms with van der Waals surface area (Å²) in [5.74, 6) is 1.70. The van der Waals surface area contributed by atoms with E-state index in [-0.39, 0.29) is 5.82 Å². The average Bonchev–Trinajstić information content (AvgIpc) is 2.65. The summed E-state index contributed by atoms with van der Waals surface area (Å²) in [5, 5.41) is 3.09. The fourth-order valence-electron chi connectivity index (χ4n) is 2.21. The molecule has 3 aromatic rings. The zero-order valence-electron chi connectivity index (χ0n) is 13.5. The summed E-state index contributed by atoms with van der Waals surface area (Å²) in [5.41, 5.74) is 1.80. The highest BCUT2D eigenvalue weighted by Crippen LogP contribution is 2.32. The van der Waals surface area contributed by atoms with Gasteiger partial charge in [0.05, 0.1) is 17.3 Å². The molecule has 0 saturated carbocycles. The van der Waals surface area contributed by atoms with Crippen LogP contribution in [0.5, 0.6) is 5.75 Å². The Balaban J connectivity index is 1.68. The first-order valence-electron chi connectivity index (χ1n) is 7.58. The van der Waals surface area contributed by atoms with Gasteiger partial charge in [0, 0.05) is 22.9 Å². The lowest BCUT2D eigenvalue weighted by Crippen LogP contribution is -1.98. The molecule has 0 unspecified atom stereocenters. The van der Waals surface area contributed by atoms with Crippen LogP contribution in [0.25, 0.3) is 0 Å². The average molecular weight is 419 g/mol. The fraction of sp³-hybridized carbons (Fsp3) is 0.105. The topological polar surface area (TPSA) is 34.1 Å². The number of aromatic nitrogens is 1. The summed E-state index contributed by atoms with van der Waals surface area (Å²) < 4.78 is 19.4. The van der Waals surface area contributed by atoms with E-state index in [1.165, 1.54) is 11.6 Å². The van der Waals surface area contributed by atoms with Crippen molar-refractivity contribution < 1.29 is 9.13 Å². The van der Waals surface area contributed by atoms with Crippen molar-refractivity contribution in [2.24, 2.45) is 0 Å². The van der Waals surface area contributed by atoms with Crippen molar-refractivity contribution >= 4 is 39.2 Å². The van der Waals surface area contributed by atoms with Gasteiger partial charge in [-0.3, -0.25) is 0 Å². The van der Waals surface area contributed by atoms with Crippen LogP contribution in [0, 0.1) is 5.82 Å². The number of pyridine rings is 1. The Kier molecular flexibility index (Phi) is 5.94. The largest absolute Gasteiger partial charge is 0.495 e. The molecule has 2 aromatic carbocycles. The predicted molar refractivity (Wildman–Crippen MR) is 104 cm³/mol. The lowest BCUT2D eigenvalue weighted by Gasteiger charge is -2.12. The van der Waals surface area contributed by atoms with Crippen LogP contribution in [0.2, 0.25) is 0 Å². The number of hydrogen-bond donors (Lipinski definition) is 1. The van der Waals surface area contributed by atoms with Gasteiger partial charge in [0.25, 0.3) is 0 Å². The van der Waals surface area contributed by atoms with Crippen molar-refractivity contribution in [1.82, 2.24) is 4.98 Å². The van der Waals surface area contributed by atoms with E-state index in [0.29, 0.717) is 21.7 Å². The molecule has 0 saturated heterocycles. The highest BCUT2D eigenvalue weighted by atomic mass is 79.9. The number of nitrogens with zero attached hydrogens (tertiary/aromatic N) is 1. The minimum atomic E-state index is -0.363. The molecule has 25 heavy (non-hydrogen) atoms. The van der Waals surface area contributed by atoms with Gasteiger partial charge in [-0.2, -0.15) is 0 Å². The molecule has 3 rings (SSSR count). The Morgan fingerprint density at radius 3 is 2.64 bits per heavy atom. The third-order valence-electron chi connectivity index (χ3n) is 3.49. The Labute approximate surface area is 158 Å². The minimum Gasteiger partial charge on any atom is -0.495 e. The Bertz CT molecular complexity index is 844. The summed E-state index contributed by atoms with van der Waals surface area (Å²) >= 11 is 4.87. The Morgan fingerprint density at radius 2 is 1.96 bits per heavy atom. The highest BCUT2D eigenvalue weighted by molar-refractivity contribution is 9.10. The SMILES string of the molecule is COc1cc(Br)c(F)cc1Nc1ccc(SCc2ccccc2)cn1. The third-order valence-corrected chi connectivity index (χ3v) is 5.15. The van der Waals surface area contributed by atoms with Crippen LogP contribution in [-0.2, 0) is 5.75 Å². The van der Waals surface area contributed by atoms with Crippen molar-refractivity contribution in [3.05, 3.63) is 76.6 Å². The van der Waals surface area contributed by atoms with Crippen LogP contribution in [-0.4, -0.2) is 12.1 Å². The van der Waals surface area contributed by atoms with Crippen molar-refractivity contribution in [1.29, 1.82) is 0 Å². The van der Waals surface area contributed by atoms with E-state index in [2.05, 4.69) is 38.4 Å². The van der Waals surface area contributed by atoms with Gasteiger partial charge in [-0.15, -0.1) is 11.8 Å². The third kappa shape index (κ3) is 4.74. The number of anilines is 2. The van der Waals surface area contributed by atoms with Crippen LogP contribution in [0.1, 0.15) is 5.56 Å². The molecular weight excluding hydrogens is 403 g/mol. The molecule has 0 aliphatic rings. The number of hydrogen-bond acceptors (Lipinski definition) is 4. The molecule has 0 radical (unpaired) electrons. The van der Waals surface area contributed by atoms with E-state index in [4.69, 9.17) is 4.74 Å². The Hall–Kier alpha value is -2.05. The second-order valence-electron chi connectivity index (χ2n) is 5.25. The maximum Gasteiger partial charge on any atom is 0.143 e. The standard InChI is InChI=1S/C19H16BrFN2OS/c1-24-18-9-15(20)16(21)10-17(18)23-19-8-7-14(11-22-19)25-12-13-5-3-2-4-6-13/h2-11H,12H2,1H3,(H,22,23). The van der Waals surface area contributed by atoms with E-state index in [9.17, 15) is 4.39 Å². The number of thioether (sulfide) groups is 1. The summed E-state index contributed by atoms with van der Waals surface area (Å²) in [7, 11) is 1.54. The molecule has 1 heterocycles. The first-order chi connectivity index (χ1) is 12.2. The summed E-state index contributed by atoms with van der Waals surface area (Å²) in [6.07, 6.45) is 1.80. The van der Waals surface area contributed by atoms with Crippen molar-refractivity contribution in [2.45, 2.75) is 10.6 Å². The van der Waals surface area contributed by atoms with Gasteiger partial charge in [0.1, 0.15) is 17.4 Å². The lowest BCUT2D eigenvalue weighted by molar-refractivity contribution is 0.415. The van der Waals surface area contributed by atoms with E-state index >= 15 is 0 Å². The predicted octanol–water partition coefficient (Wildman–Crippen LogP) is 6.03. The first kappa shape index (κ1) is 17.8. The van der Waals surface area contributed by atoms with Gasteiger partial charge in [-0.25, -0.2) is 9.37 Å². The van der Waals surface area contributed by atoms with Crippen LogP contribution in [0.4, 0.5) is 15.9 Å². The number of benzene rings is 2. The molecule has 1 N–H and O–H groups in total. The molecule has 128 valence electrons. The molecule has 0 aliphatic carbocycles. The molecule has 6 heteroatoms. The van der Waals surface area contributed by atoms with E-state index in [0.717, 1.165) is 10.6 Å². The monoisotopic (exact) mass is 418 g/mol. The molecule has 1 aromatic heterocycles. The van der Waals surface area contributed by atoms with Gasteiger partial charge < -0.3 is 10.1 Å². The fourth-order valence-corrected chi connectivity index (χ4v) is 3.35. The van der Waals surface area contributed by atoms with E-state index < -0.39 is 0 Å². The molecule has 0 aliphatic heterocycles.